The number of ether oxygens (including phenoxy) is 2. The first-order chi connectivity index (χ1) is 10.5. The zero-order chi connectivity index (χ0) is 16.1. The molecule has 0 bridgehead atoms. The number of benzene rings is 1. The quantitative estimate of drug-likeness (QED) is 0.733. The van der Waals surface area contributed by atoms with Gasteiger partial charge in [-0.3, -0.25) is 4.79 Å². The van der Waals surface area contributed by atoms with Gasteiger partial charge in [0.1, 0.15) is 13.2 Å². The number of halogens is 1. The normalized spacial score (nSPS) is 16.0. The molecule has 2 atom stereocenters. The third-order valence-electron chi connectivity index (χ3n) is 3.41. The first-order valence-corrected chi connectivity index (χ1v) is 7.71. The maximum absolute atomic E-state index is 11.8. The minimum absolute atomic E-state index is 0.0617. The van der Waals surface area contributed by atoms with Gasteiger partial charge in [0, 0.05) is 6.54 Å². The van der Waals surface area contributed by atoms with Gasteiger partial charge in [-0.1, -0.05) is 24.9 Å². The van der Waals surface area contributed by atoms with Gasteiger partial charge in [0.05, 0.1) is 17.2 Å². The highest BCUT2D eigenvalue weighted by Crippen LogP contribution is 2.39. The summed E-state index contributed by atoms with van der Waals surface area (Å²) in [4.78, 5) is 11.8. The van der Waals surface area contributed by atoms with Crippen molar-refractivity contribution in [3.63, 3.8) is 0 Å². The van der Waals surface area contributed by atoms with Crippen LogP contribution in [0.1, 0.15) is 31.4 Å². The highest BCUT2D eigenvalue weighted by atomic mass is 35.5. The summed E-state index contributed by atoms with van der Waals surface area (Å²) in [5.41, 5.74) is 6.27. The Morgan fingerprint density at radius 2 is 2.18 bits per heavy atom. The van der Waals surface area contributed by atoms with Gasteiger partial charge in [0.25, 0.3) is 0 Å². The van der Waals surface area contributed by atoms with Crippen molar-refractivity contribution in [2.75, 3.05) is 19.8 Å². The molecule has 2 unspecified atom stereocenters. The van der Waals surface area contributed by atoms with Crippen LogP contribution in [0, 0.1) is 0 Å². The average Bonchev–Trinajstić information content (AvgIpc) is 2.52. The van der Waals surface area contributed by atoms with E-state index in [1.807, 2.05) is 6.92 Å². The molecule has 6 nitrogen and oxygen atoms in total. The summed E-state index contributed by atoms with van der Waals surface area (Å²) < 4.78 is 10.9. The molecule has 2 rings (SSSR count). The molecule has 0 spiro atoms. The number of carbonyl (C=O) groups is 1. The van der Waals surface area contributed by atoms with Crippen LogP contribution < -0.4 is 20.5 Å². The summed E-state index contributed by atoms with van der Waals surface area (Å²) >= 11 is 6.12. The van der Waals surface area contributed by atoms with Crippen molar-refractivity contribution in [1.82, 2.24) is 5.32 Å². The fraction of sp³-hybridized carbons (Fsp3) is 0.533. The summed E-state index contributed by atoms with van der Waals surface area (Å²) in [7, 11) is 0. The zero-order valence-electron chi connectivity index (χ0n) is 12.5. The van der Waals surface area contributed by atoms with Crippen LogP contribution in [-0.2, 0) is 4.79 Å². The Bertz CT molecular complexity index is 539. The molecule has 0 saturated carbocycles. The van der Waals surface area contributed by atoms with Crippen molar-refractivity contribution in [3.05, 3.63) is 22.7 Å². The maximum Gasteiger partial charge on any atom is 0.237 e. The molecule has 0 radical (unpaired) electrons. The fourth-order valence-corrected chi connectivity index (χ4v) is 2.49. The Labute approximate surface area is 134 Å². The fourth-order valence-electron chi connectivity index (χ4n) is 2.21. The smallest absolute Gasteiger partial charge is 0.237 e. The van der Waals surface area contributed by atoms with E-state index in [2.05, 4.69) is 5.32 Å². The van der Waals surface area contributed by atoms with Gasteiger partial charge in [0.2, 0.25) is 5.91 Å². The van der Waals surface area contributed by atoms with Crippen LogP contribution in [0.25, 0.3) is 0 Å². The molecule has 1 amide bonds. The minimum Gasteiger partial charge on any atom is -0.486 e. The van der Waals surface area contributed by atoms with Crippen LogP contribution in [0.15, 0.2) is 12.1 Å². The number of hydrogen-bond donors (Lipinski definition) is 3. The number of rotatable bonds is 6. The number of aliphatic hydroxyl groups excluding tert-OH is 1. The lowest BCUT2D eigenvalue weighted by atomic mass is 10.1. The summed E-state index contributed by atoms with van der Waals surface area (Å²) in [5.74, 6) is 0.712. The van der Waals surface area contributed by atoms with Crippen LogP contribution in [0.2, 0.25) is 5.02 Å². The van der Waals surface area contributed by atoms with Gasteiger partial charge in [-0.2, -0.15) is 0 Å². The Kier molecular flexibility index (Phi) is 5.88. The van der Waals surface area contributed by atoms with Gasteiger partial charge < -0.3 is 25.6 Å². The third kappa shape index (κ3) is 4.03. The van der Waals surface area contributed by atoms with Gasteiger partial charge in [-0.25, -0.2) is 0 Å². The van der Waals surface area contributed by atoms with E-state index in [0.717, 1.165) is 6.42 Å². The van der Waals surface area contributed by atoms with Crippen LogP contribution in [-0.4, -0.2) is 36.8 Å². The average molecular weight is 329 g/mol. The number of fused-ring (bicyclic) bond motifs is 1. The molecule has 0 saturated heterocycles. The number of carbonyl (C=O) groups excluding carboxylic acids is 1. The Hall–Kier alpha value is -1.50. The van der Waals surface area contributed by atoms with Gasteiger partial charge in [0.15, 0.2) is 11.5 Å². The largest absolute Gasteiger partial charge is 0.486 e. The second-order valence-electron chi connectivity index (χ2n) is 5.18. The SMILES string of the molecule is CCCC(N)C(=O)NCC(O)c1cc(Cl)c2c(c1)OCCO2. The molecule has 7 heteroatoms. The van der Waals surface area contributed by atoms with E-state index in [-0.39, 0.29) is 12.5 Å². The third-order valence-corrected chi connectivity index (χ3v) is 3.69. The molecule has 122 valence electrons. The monoisotopic (exact) mass is 328 g/mol. The molecule has 22 heavy (non-hydrogen) atoms. The van der Waals surface area contributed by atoms with Crippen LogP contribution in [0.3, 0.4) is 0 Å². The van der Waals surface area contributed by atoms with Gasteiger partial charge in [-0.05, 0) is 24.1 Å². The van der Waals surface area contributed by atoms with E-state index in [4.69, 9.17) is 26.8 Å². The van der Waals surface area contributed by atoms with Crippen molar-refractivity contribution in [2.45, 2.75) is 31.9 Å². The highest BCUT2D eigenvalue weighted by Gasteiger charge is 2.20. The van der Waals surface area contributed by atoms with Crippen LogP contribution in [0.4, 0.5) is 0 Å². The standard InChI is InChI=1S/C15H21ClN2O4/c1-2-3-11(17)15(20)18-8-12(19)9-6-10(16)14-13(7-9)21-4-5-22-14/h6-7,11-12,19H,2-5,8,17H2,1H3,(H,18,20). The second kappa shape index (κ2) is 7.67. The van der Waals surface area contributed by atoms with Crippen LogP contribution >= 0.6 is 11.6 Å². The number of aliphatic hydroxyl groups is 1. The molecule has 0 aromatic heterocycles. The first kappa shape index (κ1) is 16.9. The van der Waals surface area contributed by atoms with Crippen molar-refractivity contribution < 1.29 is 19.4 Å². The molecule has 1 aliphatic heterocycles. The van der Waals surface area contributed by atoms with E-state index < -0.39 is 12.1 Å². The Balaban J connectivity index is 1.99. The lowest BCUT2D eigenvalue weighted by Crippen LogP contribution is -2.42. The highest BCUT2D eigenvalue weighted by molar-refractivity contribution is 6.32. The maximum atomic E-state index is 11.8. The second-order valence-corrected chi connectivity index (χ2v) is 5.59. The zero-order valence-corrected chi connectivity index (χ0v) is 13.2. The summed E-state index contributed by atoms with van der Waals surface area (Å²) in [6.07, 6.45) is 0.540. The lowest BCUT2D eigenvalue weighted by molar-refractivity contribution is -0.123. The molecule has 1 aliphatic rings. The first-order valence-electron chi connectivity index (χ1n) is 7.33. The lowest BCUT2D eigenvalue weighted by Gasteiger charge is -2.22. The van der Waals surface area contributed by atoms with Crippen molar-refractivity contribution in [3.8, 4) is 11.5 Å². The molecular weight excluding hydrogens is 308 g/mol. The predicted molar refractivity (Wildman–Crippen MR) is 83.3 cm³/mol. The molecule has 1 aromatic rings. The van der Waals surface area contributed by atoms with Gasteiger partial charge >= 0.3 is 0 Å². The van der Waals surface area contributed by atoms with E-state index in [0.29, 0.717) is 41.7 Å². The van der Waals surface area contributed by atoms with E-state index in [1.54, 1.807) is 12.1 Å². The predicted octanol–water partition coefficient (Wildman–Crippen LogP) is 1.39. The van der Waals surface area contributed by atoms with E-state index >= 15 is 0 Å². The van der Waals surface area contributed by atoms with E-state index in [9.17, 15) is 9.90 Å². The molecule has 0 fully saturated rings. The Morgan fingerprint density at radius 3 is 2.91 bits per heavy atom. The van der Waals surface area contributed by atoms with Crippen molar-refractivity contribution in [2.24, 2.45) is 5.73 Å². The molecule has 0 aliphatic carbocycles. The Morgan fingerprint density at radius 1 is 1.45 bits per heavy atom. The molecular formula is C15H21ClN2O4. The number of amides is 1. The minimum atomic E-state index is -0.897. The van der Waals surface area contributed by atoms with Crippen LogP contribution in [0.5, 0.6) is 11.5 Å². The topological polar surface area (TPSA) is 93.8 Å². The number of hydrogen-bond acceptors (Lipinski definition) is 5. The summed E-state index contributed by atoms with van der Waals surface area (Å²) in [5, 5.41) is 13.2. The number of nitrogens with two attached hydrogens (primary N) is 1. The summed E-state index contributed by atoms with van der Waals surface area (Å²) in [6.45, 7) is 2.90. The molecule has 1 heterocycles. The van der Waals surface area contributed by atoms with E-state index in [1.165, 1.54) is 0 Å². The van der Waals surface area contributed by atoms with Gasteiger partial charge in [-0.15, -0.1) is 0 Å². The molecule has 1 aromatic carbocycles. The van der Waals surface area contributed by atoms with Crippen molar-refractivity contribution in [1.29, 1.82) is 0 Å². The molecule has 4 N–H and O–H groups in total. The van der Waals surface area contributed by atoms with Crippen molar-refractivity contribution >= 4 is 17.5 Å². The summed E-state index contributed by atoms with van der Waals surface area (Å²) in [6, 6.07) is 2.72. The number of nitrogens with one attached hydrogen (secondary N) is 1.